The van der Waals surface area contributed by atoms with Crippen LogP contribution in [0.15, 0.2) is 57.7 Å². The van der Waals surface area contributed by atoms with Gasteiger partial charge in [0.2, 0.25) is 11.7 Å². The minimum atomic E-state index is -0.203. The lowest BCUT2D eigenvalue weighted by Gasteiger charge is -2.09. The highest BCUT2D eigenvalue weighted by Gasteiger charge is 2.10. The molecule has 0 spiro atoms. The number of benzene rings is 1. The molecule has 3 aromatic rings. The molecule has 1 N–H and O–H groups in total. The van der Waals surface area contributed by atoms with Crippen LogP contribution in [0, 0.1) is 0 Å². The summed E-state index contributed by atoms with van der Waals surface area (Å²) in [5.41, 5.74) is 2.50. The SMILES string of the molecule is CCc1ccccc1NC(=O)COCc1cc(-c2ccco2)on1. The normalized spacial score (nSPS) is 10.7. The van der Waals surface area contributed by atoms with Gasteiger partial charge in [-0.3, -0.25) is 4.79 Å². The summed E-state index contributed by atoms with van der Waals surface area (Å²) in [6.45, 7) is 2.18. The van der Waals surface area contributed by atoms with Gasteiger partial charge in [-0.05, 0) is 30.2 Å². The van der Waals surface area contributed by atoms with Gasteiger partial charge in [0, 0.05) is 11.8 Å². The van der Waals surface area contributed by atoms with Gasteiger partial charge in [-0.15, -0.1) is 0 Å². The lowest BCUT2D eigenvalue weighted by molar-refractivity contribution is -0.121. The molecule has 1 amide bonds. The van der Waals surface area contributed by atoms with Crippen LogP contribution in [0.4, 0.5) is 5.69 Å². The van der Waals surface area contributed by atoms with E-state index in [9.17, 15) is 4.79 Å². The first-order valence-electron chi connectivity index (χ1n) is 7.71. The molecule has 0 saturated heterocycles. The number of carbonyl (C=O) groups is 1. The largest absolute Gasteiger partial charge is 0.461 e. The third-order valence-corrected chi connectivity index (χ3v) is 3.48. The zero-order valence-electron chi connectivity index (χ0n) is 13.3. The highest BCUT2D eigenvalue weighted by Crippen LogP contribution is 2.20. The lowest BCUT2D eigenvalue weighted by Crippen LogP contribution is -2.19. The number of nitrogens with one attached hydrogen (secondary N) is 1. The average molecular weight is 326 g/mol. The molecule has 0 aliphatic rings. The number of rotatable bonds is 7. The number of carbonyl (C=O) groups excluding carboxylic acids is 1. The summed E-state index contributed by atoms with van der Waals surface area (Å²) < 4.78 is 15.8. The number of anilines is 1. The van der Waals surface area contributed by atoms with Gasteiger partial charge in [0.05, 0.1) is 12.9 Å². The molecule has 0 aliphatic heterocycles. The molecule has 0 aliphatic carbocycles. The molecule has 3 rings (SSSR count). The molecule has 0 atom stereocenters. The Hall–Kier alpha value is -2.86. The van der Waals surface area contributed by atoms with E-state index in [1.54, 1.807) is 24.5 Å². The quantitative estimate of drug-likeness (QED) is 0.717. The molecular weight excluding hydrogens is 308 g/mol. The molecule has 0 fully saturated rings. The van der Waals surface area contributed by atoms with Crippen molar-refractivity contribution in [2.75, 3.05) is 11.9 Å². The van der Waals surface area contributed by atoms with Crippen molar-refractivity contribution in [2.24, 2.45) is 0 Å². The Morgan fingerprint density at radius 1 is 1.21 bits per heavy atom. The van der Waals surface area contributed by atoms with Crippen LogP contribution in [0.3, 0.4) is 0 Å². The lowest BCUT2D eigenvalue weighted by atomic mass is 10.1. The van der Waals surface area contributed by atoms with Crippen LogP contribution in [0.25, 0.3) is 11.5 Å². The molecule has 0 unspecified atom stereocenters. The summed E-state index contributed by atoms with van der Waals surface area (Å²) >= 11 is 0. The van der Waals surface area contributed by atoms with Crippen molar-refractivity contribution >= 4 is 11.6 Å². The van der Waals surface area contributed by atoms with Crippen LogP contribution in [-0.2, 0) is 22.6 Å². The molecule has 6 nitrogen and oxygen atoms in total. The van der Waals surface area contributed by atoms with Crippen molar-refractivity contribution in [3.8, 4) is 11.5 Å². The Kier molecular flexibility index (Phi) is 5.08. The summed E-state index contributed by atoms with van der Waals surface area (Å²) in [7, 11) is 0. The van der Waals surface area contributed by atoms with Crippen molar-refractivity contribution in [3.05, 3.63) is 60.0 Å². The number of hydrogen-bond acceptors (Lipinski definition) is 5. The first kappa shape index (κ1) is 16.0. The molecule has 2 aromatic heterocycles. The number of nitrogens with zero attached hydrogens (tertiary/aromatic N) is 1. The molecule has 0 bridgehead atoms. The fourth-order valence-electron chi connectivity index (χ4n) is 2.30. The second kappa shape index (κ2) is 7.61. The van der Waals surface area contributed by atoms with Crippen LogP contribution in [-0.4, -0.2) is 17.7 Å². The van der Waals surface area contributed by atoms with Crippen molar-refractivity contribution in [2.45, 2.75) is 20.0 Å². The van der Waals surface area contributed by atoms with Crippen LogP contribution in [0.1, 0.15) is 18.2 Å². The number of aryl methyl sites for hydroxylation is 1. The topological polar surface area (TPSA) is 77.5 Å². The second-order valence-corrected chi connectivity index (χ2v) is 5.21. The van der Waals surface area contributed by atoms with Crippen molar-refractivity contribution < 1.29 is 18.5 Å². The Morgan fingerprint density at radius 2 is 2.08 bits per heavy atom. The van der Waals surface area contributed by atoms with Crippen LogP contribution in [0.5, 0.6) is 0 Å². The van der Waals surface area contributed by atoms with E-state index in [2.05, 4.69) is 10.5 Å². The Labute approximate surface area is 139 Å². The summed E-state index contributed by atoms with van der Waals surface area (Å²) in [6, 6.07) is 13.0. The summed E-state index contributed by atoms with van der Waals surface area (Å²) in [5.74, 6) is 0.924. The predicted octanol–water partition coefficient (Wildman–Crippen LogP) is 3.65. The van der Waals surface area contributed by atoms with E-state index < -0.39 is 0 Å². The average Bonchev–Trinajstić information content (AvgIpc) is 3.26. The fourth-order valence-corrected chi connectivity index (χ4v) is 2.30. The standard InChI is InChI=1S/C18H18N2O4/c1-2-13-6-3-4-7-15(13)19-18(21)12-22-11-14-10-17(24-20-14)16-8-5-9-23-16/h3-10H,2,11-12H2,1H3,(H,19,21). The predicted molar refractivity (Wildman–Crippen MR) is 88.3 cm³/mol. The first-order chi connectivity index (χ1) is 11.8. The minimum Gasteiger partial charge on any atom is -0.461 e. The number of para-hydroxylation sites is 1. The number of amides is 1. The highest BCUT2D eigenvalue weighted by molar-refractivity contribution is 5.92. The van der Waals surface area contributed by atoms with Crippen LogP contribution < -0.4 is 5.32 Å². The van der Waals surface area contributed by atoms with Gasteiger partial charge in [0.25, 0.3) is 0 Å². The molecule has 6 heteroatoms. The van der Waals surface area contributed by atoms with Gasteiger partial charge in [-0.2, -0.15) is 0 Å². The monoisotopic (exact) mass is 326 g/mol. The number of aromatic nitrogens is 1. The van der Waals surface area contributed by atoms with Crippen molar-refractivity contribution in [1.82, 2.24) is 5.16 Å². The molecule has 1 aromatic carbocycles. The smallest absolute Gasteiger partial charge is 0.250 e. The highest BCUT2D eigenvalue weighted by atomic mass is 16.5. The van der Waals surface area contributed by atoms with Crippen LogP contribution >= 0.6 is 0 Å². The number of hydrogen-bond donors (Lipinski definition) is 1. The third kappa shape index (κ3) is 3.91. The number of furan rings is 1. The summed E-state index contributed by atoms with van der Waals surface area (Å²) in [4.78, 5) is 12.0. The zero-order valence-corrected chi connectivity index (χ0v) is 13.3. The molecule has 124 valence electrons. The summed E-state index contributed by atoms with van der Waals surface area (Å²) in [5, 5.41) is 6.74. The van der Waals surface area contributed by atoms with Crippen LogP contribution in [0.2, 0.25) is 0 Å². The number of ether oxygens (including phenoxy) is 1. The van der Waals surface area contributed by atoms with Crippen molar-refractivity contribution in [1.29, 1.82) is 0 Å². The molecule has 24 heavy (non-hydrogen) atoms. The molecule has 2 heterocycles. The molecule has 0 saturated carbocycles. The fraction of sp³-hybridized carbons (Fsp3) is 0.222. The molecular formula is C18H18N2O4. The first-order valence-corrected chi connectivity index (χ1v) is 7.71. The van der Waals surface area contributed by atoms with E-state index in [-0.39, 0.29) is 19.1 Å². The van der Waals surface area contributed by atoms with E-state index in [0.29, 0.717) is 17.2 Å². The minimum absolute atomic E-state index is 0.0546. The Morgan fingerprint density at radius 3 is 2.88 bits per heavy atom. The van der Waals surface area contributed by atoms with E-state index >= 15 is 0 Å². The van der Waals surface area contributed by atoms with Gasteiger partial charge < -0.3 is 19.0 Å². The van der Waals surface area contributed by atoms with Crippen molar-refractivity contribution in [3.63, 3.8) is 0 Å². The van der Waals surface area contributed by atoms with E-state index in [0.717, 1.165) is 17.7 Å². The maximum atomic E-state index is 12.0. The summed E-state index contributed by atoms with van der Waals surface area (Å²) in [6.07, 6.45) is 2.41. The molecule has 0 radical (unpaired) electrons. The van der Waals surface area contributed by atoms with E-state index in [1.807, 2.05) is 31.2 Å². The van der Waals surface area contributed by atoms with Gasteiger partial charge in [0.15, 0.2) is 5.76 Å². The Bertz CT molecular complexity index is 793. The van der Waals surface area contributed by atoms with Gasteiger partial charge in [-0.1, -0.05) is 30.3 Å². The maximum absolute atomic E-state index is 12.0. The third-order valence-electron chi connectivity index (χ3n) is 3.48. The van der Waals surface area contributed by atoms with Gasteiger partial charge >= 0.3 is 0 Å². The van der Waals surface area contributed by atoms with Gasteiger partial charge in [0.1, 0.15) is 12.3 Å². The zero-order chi connectivity index (χ0) is 16.8. The van der Waals surface area contributed by atoms with Gasteiger partial charge in [-0.25, -0.2) is 0 Å². The second-order valence-electron chi connectivity index (χ2n) is 5.21. The maximum Gasteiger partial charge on any atom is 0.250 e. The van der Waals surface area contributed by atoms with E-state index in [4.69, 9.17) is 13.7 Å². The Balaban J connectivity index is 1.49. The van der Waals surface area contributed by atoms with E-state index in [1.165, 1.54) is 0 Å².